The van der Waals surface area contributed by atoms with Crippen molar-refractivity contribution in [1.29, 1.82) is 0 Å². The molecule has 2 atom stereocenters. The summed E-state index contributed by atoms with van der Waals surface area (Å²) < 4.78 is 6.35. The lowest BCUT2D eigenvalue weighted by molar-refractivity contribution is 0.0434. The van der Waals surface area contributed by atoms with Crippen molar-refractivity contribution in [2.24, 2.45) is 0 Å². The normalized spacial score (nSPS) is 25.1. The molecule has 1 aliphatic rings. The van der Waals surface area contributed by atoms with Gasteiger partial charge in [-0.3, -0.25) is 0 Å². The summed E-state index contributed by atoms with van der Waals surface area (Å²) in [5.41, 5.74) is 3.90. The predicted molar refractivity (Wildman–Crippen MR) is 85.5 cm³/mol. The molecule has 2 heteroatoms. The van der Waals surface area contributed by atoms with E-state index in [1.165, 1.54) is 29.5 Å². The van der Waals surface area contributed by atoms with Crippen LogP contribution in [0.4, 0.5) is 0 Å². The SMILES string of the molecule is CCCCNC1CC(C)(CC)Oc2c(C)cc(C)cc21. The average Bonchev–Trinajstić information content (AvgIpc) is 2.40. The molecule has 0 aromatic heterocycles. The maximum absolute atomic E-state index is 6.35. The number of rotatable bonds is 5. The van der Waals surface area contributed by atoms with Gasteiger partial charge in [-0.25, -0.2) is 0 Å². The van der Waals surface area contributed by atoms with Gasteiger partial charge in [0.05, 0.1) is 0 Å². The molecule has 2 unspecified atom stereocenters. The molecule has 2 nitrogen and oxygen atoms in total. The number of hydrogen-bond donors (Lipinski definition) is 1. The van der Waals surface area contributed by atoms with E-state index in [0.29, 0.717) is 6.04 Å². The molecule has 0 fully saturated rings. The van der Waals surface area contributed by atoms with Crippen molar-refractivity contribution in [3.05, 3.63) is 28.8 Å². The third-order valence-electron chi connectivity index (χ3n) is 4.48. The van der Waals surface area contributed by atoms with Crippen molar-refractivity contribution in [2.45, 2.75) is 71.9 Å². The highest BCUT2D eigenvalue weighted by Gasteiger charge is 2.36. The van der Waals surface area contributed by atoms with Gasteiger partial charge in [0.1, 0.15) is 11.4 Å². The summed E-state index contributed by atoms with van der Waals surface area (Å²) in [4.78, 5) is 0. The standard InChI is InChI=1S/C18H29NO/c1-6-8-9-19-16-12-18(5,7-2)20-17-14(4)10-13(3)11-15(16)17/h10-11,16,19H,6-9,12H2,1-5H3. The summed E-state index contributed by atoms with van der Waals surface area (Å²) >= 11 is 0. The van der Waals surface area contributed by atoms with Gasteiger partial charge >= 0.3 is 0 Å². The number of hydrogen-bond acceptors (Lipinski definition) is 2. The largest absolute Gasteiger partial charge is 0.487 e. The first-order chi connectivity index (χ1) is 9.49. The highest BCUT2D eigenvalue weighted by Crippen LogP contribution is 2.43. The van der Waals surface area contributed by atoms with E-state index in [4.69, 9.17) is 4.74 Å². The van der Waals surface area contributed by atoms with Crippen LogP contribution in [-0.4, -0.2) is 12.1 Å². The van der Waals surface area contributed by atoms with Crippen LogP contribution in [0.15, 0.2) is 12.1 Å². The third kappa shape index (κ3) is 3.17. The Morgan fingerprint density at radius 2 is 2.05 bits per heavy atom. The Balaban J connectivity index is 2.32. The third-order valence-corrected chi connectivity index (χ3v) is 4.48. The Hall–Kier alpha value is -1.02. The fourth-order valence-corrected chi connectivity index (χ4v) is 3.07. The average molecular weight is 275 g/mol. The van der Waals surface area contributed by atoms with Gasteiger partial charge in [0.2, 0.25) is 0 Å². The van der Waals surface area contributed by atoms with Crippen molar-refractivity contribution >= 4 is 0 Å². The van der Waals surface area contributed by atoms with Crippen molar-refractivity contribution in [2.75, 3.05) is 6.54 Å². The summed E-state index contributed by atoms with van der Waals surface area (Å²) in [5, 5.41) is 3.74. The predicted octanol–water partition coefficient (Wildman–Crippen LogP) is 4.69. The number of benzene rings is 1. The van der Waals surface area contributed by atoms with Gasteiger partial charge < -0.3 is 10.1 Å². The van der Waals surface area contributed by atoms with E-state index in [1.54, 1.807) is 0 Å². The molecular formula is C18H29NO. The smallest absolute Gasteiger partial charge is 0.127 e. The molecule has 0 saturated heterocycles. The molecule has 1 N–H and O–H groups in total. The van der Waals surface area contributed by atoms with Crippen LogP contribution in [0, 0.1) is 13.8 Å². The Labute approximate surface area is 123 Å². The minimum Gasteiger partial charge on any atom is -0.487 e. The number of fused-ring (bicyclic) bond motifs is 1. The van der Waals surface area contributed by atoms with E-state index in [9.17, 15) is 0 Å². The van der Waals surface area contributed by atoms with Gasteiger partial charge in [-0.15, -0.1) is 0 Å². The topological polar surface area (TPSA) is 21.3 Å². The van der Waals surface area contributed by atoms with Crippen LogP contribution >= 0.6 is 0 Å². The van der Waals surface area contributed by atoms with E-state index in [2.05, 4.69) is 52.1 Å². The van der Waals surface area contributed by atoms with Gasteiger partial charge in [-0.2, -0.15) is 0 Å². The van der Waals surface area contributed by atoms with Gasteiger partial charge in [0.25, 0.3) is 0 Å². The van der Waals surface area contributed by atoms with E-state index in [1.807, 2.05) is 0 Å². The molecule has 1 aliphatic heterocycles. The zero-order valence-electron chi connectivity index (χ0n) is 13.7. The first kappa shape index (κ1) is 15.4. The van der Waals surface area contributed by atoms with Crippen LogP contribution in [0.1, 0.15) is 69.2 Å². The Bertz CT molecular complexity index is 469. The van der Waals surface area contributed by atoms with Crippen LogP contribution in [0.5, 0.6) is 5.75 Å². The Kier molecular flexibility index (Phi) is 4.74. The van der Waals surface area contributed by atoms with Gasteiger partial charge in [0.15, 0.2) is 0 Å². The molecule has 0 amide bonds. The molecule has 0 radical (unpaired) electrons. The zero-order chi connectivity index (χ0) is 14.8. The molecule has 0 saturated carbocycles. The molecule has 0 bridgehead atoms. The van der Waals surface area contributed by atoms with E-state index >= 15 is 0 Å². The molecule has 0 spiro atoms. The summed E-state index contributed by atoms with van der Waals surface area (Å²) in [7, 11) is 0. The number of ether oxygens (including phenoxy) is 1. The summed E-state index contributed by atoms with van der Waals surface area (Å²) in [6.45, 7) is 12.1. The maximum atomic E-state index is 6.35. The fraction of sp³-hybridized carbons (Fsp3) is 0.667. The molecule has 0 aliphatic carbocycles. The van der Waals surface area contributed by atoms with Gasteiger partial charge in [-0.05, 0) is 45.7 Å². The maximum Gasteiger partial charge on any atom is 0.127 e. The first-order valence-electron chi connectivity index (χ1n) is 8.02. The highest BCUT2D eigenvalue weighted by atomic mass is 16.5. The first-order valence-corrected chi connectivity index (χ1v) is 8.02. The molecule has 1 aromatic rings. The second kappa shape index (κ2) is 6.17. The van der Waals surface area contributed by atoms with Crippen molar-refractivity contribution in [3.8, 4) is 5.75 Å². The summed E-state index contributed by atoms with van der Waals surface area (Å²) in [6.07, 6.45) is 4.58. The molecule has 112 valence electrons. The van der Waals surface area contributed by atoms with Crippen LogP contribution in [0.25, 0.3) is 0 Å². The summed E-state index contributed by atoms with van der Waals surface area (Å²) in [6, 6.07) is 4.94. The van der Waals surface area contributed by atoms with Crippen molar-refractivity contribution in [1.82, 2.24) is 5.32 Å². The van der Waals surface area contributed by atoms with Crippen molar-refractivity contribution in [3.63, 3.8) is 0 Å². The van der Waals surface area contributed by atoms with Crippen molar-refractivity contribution < 1.29 is 4.74 Å². The molecule has 2 rings (SSSR count). The Morgan fingerprint density at radius 3 is 2.70 bits per heavy atom. The van der Waals surface area contributed by atoms with Crippen LogP contribution in [-0.2, 0) is 0 Å². The highest BCUT2D eigenvalue weighted by molar-refractivity contribution is 5.47. The molecular weight excluding hydrogens is 246 g/mol. The molecule has 1 heterocycles. The molecule has 1 aromatic carbocycles. The second-order valence-corrected chi connectivity index (χ2v) is 6.47. The molecule has 20 heavy (non-hydrogen) atoms. The number of aryl methyl sites for hydroxylation is 2. The van der Waals surface area contributed by atoms with E-state index in [0.717, 1.165) is 25.1 Å². The lowest BCUT2D eigenvalue weighted by atomic mass is 9.85. The number of unbranched alkanes of at least 4 members (excludes halogenated alkanes) is 1. The second-order valence-electron chi connectivity index (χ2n) is 6.47. The van der Waals surface area contributed by atoms with Gasteiger partial charge in [-0.1, -0.05) is 38.0 Å². The minimum atomic E-state index is -0.0447. The Morgan fingerprint density at radius 1 is 1.30 bits per heavy atom. The van der Waals surface area contributed by atoms with Gasteiger partial charge in [0, 0.05) is 18.0 Å². The zero-order valence-corrected chi connectivity index (χ0v) is 13.7. The monoisotopic (exact) mass is 275 g/mol. The van der Waals surface area contributed by atoms with Crippen LogP contribution in [0.2, 0.25) is 0 Å². The fourth-order valence-electron chi connectivity index (χ4n) is 3.07. The summed E-state index contributed by atoms with van der Waals surface area (Å²) in [5.74, 6) is 1.11. The minimum absolute atomic E-state index is 0.0447. The number of nitrogens with one attached hydrogen (secondary N) is 1. The lowest BCUT2D eigenvalue weighted by Crippen LogP contribution is -2.42. The van der Waals surface area contributed by atoms with Crippen LogP contribution < -0.4 is 10.1 Å². The quantitative estimate of drug-likeness (QED) is 0.787. The van der Waals surface area contributed by atoms with Crippen LogP contribution in [0.3, 0.4) is 0 Å². The van der Waals surface area contributed by atoms with E-state index < -0.39 is 0 Å². The lowest BCUT2D eigenvalue weighted by Gasteiger charge is -2.41. The van der Waals surface area contributed by atoms with E-state index in [-0.39, 0.29) is 5.60 Å².